The Balaban J connectivity index is 1.89. The first-order valence-electron chi connectivity index (χ1n) is 9.00. The molecule has 0 aromatic heterocycles. The fourth-order valence-electron chi connectivity index (χ4n) is 3.12. The second-order valence-electron chi connectivity index (χ2n) is 6.42. The van der Waals surface area contributed by atoms with E-state index in [1.807, 2.05) is 0 Å². The van der Waals surface area contributed by atoms with Gasteiger partial charge in [0.25, 0.3) is 10.0 Å². The molecule has 2 aromatic carbocycles. The van der Waals surface area contributed by atoms with Crippen molar-refractivity contribution in [1.82, 2.24) is 5.32 Å². The summed E-state index contributed by atoms with van der Waals surface area (Å²) in [6.07, 6.45) is 0. The molecule has 1 fully saturated rings. The van der Waals surface area contributed by atoms with Gasteiger partial charge in [-0.05, 0) is 42.5 Å². The second kappa shape index (κ2) is 8.83. The lowest BCUT2D eigenvalue weighted by Crippen LogP contribution is -2.43. The average molecular weight is 427 g/mol. The molecule has 1 N–H and O–H groups in total. The van der Waals surface area contributed by atoms with E-state index in [1.54, 1.807) is 25.3 Å². The van der Waals surface area contributed by atoms with Gasteiger partial charge in [-0.1, -0.05) is 0 Å². The zero-order valence-corrected chi connectivity index (χ0v) is 17.0. The summed E-state index contributed by atoms with van der Waals surface area (Å²) in [4.78, 5) is 2.11. The van der Waals surface area contributed by atoms with Crippen LogP contribution in [0.15, 0.2) is 47.4 Å². The first-order chi connectivity index (χ1) is 13.8. The summed E-state index contributed by atoms with van der Waals surface area (Å²) in [6, 6.07) is 10.1. The Labute approximate surface area is 168 Å². The number of halogens is 2. The lowest BCUT2D eigenvalue weighted by atomic mass is 10.2. The highest BCUT2D eigenvalue weighted by atomic mass is 32.2. The van der Waals surface area contributed by atoms with Crippen LogP contribution in [0.1, 0.15) is 0 Å². The molecule has 0 amide bonds. The Bertz CT molecular complexity index is 933. The molecule has 0 unspecified atom stereocenters. The van der Waals surface area contributed by atoms with E-state index in [4.69, 9.17) is 4.74 Å². The minimum Gasteiger partial charge on any atom is -0.495 e. The molecule has 1 heterocycles. The van der Waals surface area contributed by atoms with Crippen molar-refractivity contribution in [2.75, 3.05) is 49.5 Å². The standard InChI is InChI=1S/C19H23F2N3O4S/c1-23(29(25,26)16-6-4-15(5-7-16)28-19(20)21)14-3-8-18(27-2)17(13-14)24-11-9-22-10-12-24/h3-8,13,19,22H,9-12H2,1-2H3. The van der Waals surface area contributed by atoms with E-state index in [0.29, 0.717) is 11.4 Å². The molecule has 0 atom stereocenters. The van der Waals surface area contributed by atoms with E-state index in [-0.39, 0.29) is 10.6 Å². The topological polar surface area (TPSA) is 71.1 Å². The van der Waals surface area contributed by atoms with Gasteiger partial charge in [-0.2, -0.15) is 8.78 Å². The average Bonchev–Trinajstić information content (AvgIpc) is 2.73. The van der Waals surface area contributed by atoms with Crippen LogP contribution in [0, 0.1) is 0 Å². The van der Waals surface area contributed by atoms with Crippen LogP contribution in [-0.2, 0) is 10.0 Å². The van der Waals surface area contributed by atoms with Crippen LogP contribution in [-0.4, -0.2) is 55.4 Å². The first kappa shape index (κ1) is 21.1. The molecular weight excluding hydrogens is 404 g/mol. The van der Waals surface area contributed by atoms with E-state index in [1.165, 1.54) is 31.3 Å². The van der Waals surface area contributed by atoms with Crippen LogP contribution in [0.2, 0.25) is 0 Å². The van der Waals surface area contributed by atoms with Crippen molar-refractivity contribution in [2.24, 2.45) is 0 Å². The number of benzene rings is 2. The van der Waals surface area contributed by atoms with Gasteiger partial charge in [-0.3, -0.25) is 4.31 Å². The molecule has 1 aliphatic rings. The number of piperazine rings is 1. The number of nitrogens with one attached hydrogen (secondary N) is 1. The van der Waals surface area contributed by atoms with E-state index in [0.717, 1.165) is 36.2 Å². The highest BCUT2D eigenvalue weighted by Crippen LogP contribution is 2.34. The Morgan fingerprint density at radius 1 is 1.10 bits per heavy atom. The fourth-order valence-corrected chi connectivity index (χ4v) is 4.30. The molecular formula is C19H23F2N3O4S. The number of hydrogen-bond donors (Lipinski definition) is 1. The van der Waals surface area contributed by atoms with Gasteiger partial charge in [0.15, 0.2) is 0 Å². The quantitative estimate of drug-likeness (QED) is 0.732. The zero-order chi connectivity index (χ0) is 21.0. The predicted molar refractivity (Wildman–Crippen MR) is 107 cm³/mol. The van der Waals surface area contributed by atoms with Crippen LogP contribution < -0.4 is 24.0 Å². The number of anilines is 2. The number of nitrogens with zero attached hydrogens (tertiary/aromatic N) is 2. The van der Waals surface area contributed by atoms with Crippen molar-refractivity contribution in [3.63, 3.8) is 0 Å². The number of hydrogen-bond acceptors (Lipinski definition) is 6. The van der Waals surface area contributed by atoms with Crippen molar-refractivity contribution in [3.05, 3.63) is 42.5 Å². The van der Waals surface area contributed by atoms with Gasteiger partial charge in [-0.15, -0.1) is 0 Å². The number of methoxy groups -OCH3 is 1. The van der Waals surface area contributed by atoms with Gasteiger partial charge in [-0.25, -0.2) is 8.42 Å². The monoisotopic (exact) mass is 427 g/mol. The lowest BCUT2D eigenvalue weighted by Gasteiger charge is -2.31. The molecule has 2 aromatic rings. The number of ether oxygens (including phenoxy) is 2. The van der Waals surface area contributed by atoms with Crippen molar-refractivity contribution in [3.8, 4) is 11.5 Å². The third-order valence-corrected chi connectivity index (χ3v) is 6.49. The maximum absolute atomic E-state index is 13.0. The molecule has 1 saturated heterocycles. The zero-order valence-electron chi connectivity index (χ0n) is 16.1. The van der Waals surface area contributed by atoms with Crippen molar-refractivity contribution >= 4 is 21.4 Å². The Morgan fingerprint density at radius 2 is 1.76 bits per heavy atom. The summed E-state index contributed by atoms with van der Waals surface area (Å²) in [6.45, 7) is 0.246. The van der Waals surface area contributed by atoms with Gasteiger partial charge in [0.05, 0.1) is 23.4 Å². The van der Waals surface area contributed by atoms with Crippen LogP contribution in [0.3, 0.4) is 0 Å². The van der Waals surface area contributed by atoms with Gasteiger partial charge < -0.3 is 19.7 Å². The smallest absolute Gasteiger partial charge is 0.387 e. The minimum absolute atomic E-state index is 0.0267. The fraction of sp³-hybridized carbons (Fsp3) is 0.368. The van der Waals surface area contributed by atoms with Crippen LogP contribution >= 0.6 is 0 Å². The Morgan fingerprint density at radius 3 is 2.34 bits per heavy atom. The molecule has 0 spiro atoms. The summed E-state index contributed by atoms with van der Waals surface area (Å²) in [5.41, 5.74) is 1.28. The molecule has 3 rings (SSSR count). The highest BCUT2D eigenvalue weighted by Gasteiger charge is 2.24. The highest BCUT2D eigenvalue weighted by molar-refractivity contribution is 7.92. The molecule has 1 aliphatic heterocycles. The Kier molecular flexibility index (Phi) is 6.43. The summed E-state index contributed by atoms with van der Waals surface area (Å²) < 4.78 is 61.4. The van der Waals surface area contributed by atoms with Crippen LogP contribution in [0.4, 0.5) is 20.2 Å². The van der Waals surface area contributed by atoms with E-state index in [2.05, 4.69) is 15.0 Å². The van der Waals surface area contributed by atoms with Gasteiger partial charge >= 0.3 is 6.61 Å². The van der Waals surface area contributed by atoms with Crippen molar-refractivity contribution < 1.29 is 26.7 Å². The second-order valence-corrected chi connectivity index (χ2v) is 8.38. The minimum atomic E-state index is -3.89. The van der Waals surface area contributed by atoms with Gasteiger partial charge in [0, 0.05) is 33.2 Å². The van der Waals surface area contributed by atoms with E-state index in [9.17, 15) is 17.2 Å². The Hall–Kier alpha value is -2.59. The van der Waals surface area contributed by atoms with E-state index >= 15 is 0 Å². The molecule has 7 nitrogen and oxygen atoms in total. The molecule has 158 valence electrons. The number of alkyl halides is 2. The van der Waals surface area contributed by atoms with Gasteiger partial charge in [0.2, 0.25) is 0 Å². The first-order valence-corrected chi connectivity index (χ1v) is 10.4. The SMILES string of the molecule is COc1ccc(N(C)S(=O)(=O)c2ccc(OC(F)F)cc2)cc1N1CCNCC1. The normalized spacial score (nSPS) is 14.7. The molecule has 0 bridgehead atoms. The third-order valence-electron chi connectivity index (χ3n) is 4.69. The summed E-state index contributed by atoms with van der Waals surface area (Å²) in [5.74, 6) is 0.557. The summed E-state index contributed by atoms with van der Waals surface area (Å²) in [5, 5.41) is 3.28. The number of rotatable bonds is 7. The molecule has 29 heavy (non-hydrogen) atoms. The summed E-state index contributed by atoms with van der Waals surface area (Å²) in [7, 11) is -0.865. The molecule has 10 heteroatoms. The summed E-state index contributed by atoms with van der Waals surface area (Å²) >= 11 is 0. The van der Waals surface area contributed by atoms with Crippen molar-refractivity contribution in [1.29, 1.82) is 0 Å². The largest absolute Gasteiger partial charge is 0.495 e. The van der Waals surface area contributed by atoms with Crippen molar-refractivity contribution in [2.45, 2.75) is 11.5 Å². The lowest BCUT2D eigenvalue weighted by molar-refractivity contribution is -0.0498. The maximum atomic E-state index is 13.0. The third kappa shape index (κ3) is 4.70. The molecule has 0 radical (unpaired) electrons. The number of sulfonamides is 1. The van der Waals surface area contributed by atoms with Crippen LogP contribution in [0.25, 0.3) is 0 Å². The van der Waals surface area contributed by atoms with E-state index < -0.39 is 16.6 Å². The molecule has 0 saturated carbocycles. The molecule has 0 aliphatic carbocycles. The predicted octanol–water partition coefficient (Wildman–Crippen LogP) is 2.53. The van der Waals surface area contributed by atoms with Crippen LogP contribution in [0.5, 0.6) is 11.5 Å². The maximum Gasteiger partial charge on any atom is 0.387 e. The van der Waals surface area contributed by atoms with Gasteiger partial charge in [0.1, 0.15) is 11.5 Å².